The van der Waals surface area contributed by atoms with E-state index in [1.807, 2.05) is 0 Å². The summed E-state index contributed by atoms with van der Waals surface area (Å²) in [5.74, 6) is -2.17. The van der Waals surface area contributed by atoms with Crippen LogP contribution in [0.1, 0.15) is 64.2 Å². The molecule has 0 heterocycles. The van der Waals surface area contributed by atoms with Gasteiger partial charge in [0.2, 0.25) is 0 Å². The van der Waals surface area contributed by atoms with E-state index >= 15 is 0 Å². The zero-order chi connectivity index (χ0) is 20.5. The summed E-state index contributed by atoms with van der Waals surface area (Å²) in [5.41, 5.74) is 0. The Morgan fingerprint density at radius 1 is 0.607 bits per heavy atom. The zero-order valence-electron chi connectivity index (χ0n) is 16.1. The van der Waals surface area contributed by atoms with Crippen LogP contribution in [0.5, 0.6) is 0 Å². The van der Waals surface area contributed by atoms with Crippen molar-refractivity contribution in [2.75, 3.05) is 11.5 Å². The van der Waals surface area contributed by atoms with Gasteiger partial charge in [-0.2, -0.15) is 0 Å². The van der Waals surface area contributed by atoms with Crippen molar-refractivity contribution in [2.45, 2.75) is 64.2 Å². The third kappa shape index (κ3) is 6.79. The first-order valence-electron chi connectivity index (χ1n) is 10.2. The van der Waals surface area contributed by atoms with Crippen LogP contribution in [0.2, 0.25) is 0 Å². The van der Waals surface area contributed by atoms with Gasteiger partial charge in [0, 0.05) is 36.2 Å². The smallest absolute Gasteiger partial charge is 0.307 e. The number of hydrogen-bond donors (Lipinski definition) is 2. The third-order valence-corrected chi connectivity index (χ3v) is 8.35. The van der Waals surface area contributed by atoms with Crippen molar-refractivity contribution in [3.8, 4) is 0 Å². The second kappa shape index (κ2) is 11.9. The minimum absolute atomic E-state index is 0.0442. The van der Waals surface area contributed by atoms with E-state index in [4.69, 9.17) is 0 Å². The first-order chi connectivity index (χ1) is 13.4. The fraction of sp³-hybridized carbons (Fsp3) is 0.800. The van der Waals surface area contributed by atoms with Crippen molar-refractivity contribution in [3.05, 3.63) is 0 Å². The molecule has 0 unspecified atom stereocenters. The van der Waals surface area contributed by atoms with Gasteiger partial charge in [0.05, 0.1) is 11.8 Å². The molecule has 2 rings (SSSR count). The Labute approximate surface area is 174 Å². The summed E-state index contributed by atoms with van der Waals surface area (Å²) >= 11 is 0. The molecule has 8 heteroatoms. The Morgan fingerprint density at radius 2 is 0.929 bits per heavy atom. The molecule has 2 N–H and O–H groups in total. The van der Waals surface area contributed by atoms with Gasteiger partial charge in [-0.15, -0.1) is 0 Å². The summed E-state index contributed by atoms with van der Waals surface area (Å²) in [7, 11) is 3.06. The molecule has 0 aromatic heterocycles. The van der Waals surface area contributed by atoms with Crippen LogP contribution in [0.15, 0.2) is 0 Å². The van der Waals surface area contributed by atoms with Crippen molar-refractivity contribution in [3.63, 3.8) is 0 Å². The molecule has 6 nitrogen and oxygen atoms in total. The predicted molar refractivity (Wildman–Crippen MR) is 110 cm³/mol. The lowest BCUT2D eigenvalue weighted by Gasteiger charge is -2.27. The Bertz CT molecular complexity index is 529. The fourth-order valence-electron chi connectivity index (χ4n) is 4.40. The molecule has 2 aliphatic rings. The van der Waals surface area contributed by atoms with Crippen molar-refractivity contribution in [2.24, 2.45) is 23.7 Å². The molecule has 0 bridgehead atoms. The molecule has 0 aromatic rings. The van der Waals surface area contributed by atoms with E-state index in [9.17, 15) is 29.4 Å². The largest absolute Gasteiger partial charge is 0.481 e. The molecule has 2 fully saturated rings. The van der Waals surface area contributed by atoms with Gasteiger partial charge in [-0.25, -0.2) is 0 Å². The van der Waals surface area contributed by atoms with Crippen LogP contribution in [0, 0.1) is 23.7 Å². The van der Waals surface area contributed by atoms with E-state index < -0.39 is 23.8 Å². The van der Waals surface area contributed by atoms with Crippen LogP contribution < -0.4 is 0 Å². The molecule has 0 spiro atoms. The highest BCUT2D eigenvalue weighted by atomic mass is 33.1. The highest BCUT2D eigenvalue weighted by Gasteiger charge is 2.36. The molecule has 2 saturated carbocycles. The van der Waals surface area contributed by atoms with Gasteiger partial charge in [-0.1, -0.05) is 47.3 Å². The predicted octanol–water partition coefficient (Wildman–Crippen LogP) is 4.07. The molecule has 0 radical (unpaired) electrons. The Kier molecular flexibility index (Phi) is 9.85. The van der Waals surface area contributed by atoms with E-state index in [0.717, 1.165) is 25.7 Å². The fourth-order valence-corrected chi connectivity index (χ4v) is 6.41. The van der Waals surface area contributed by atoms with Gasteiger partial charge in [-0.3, -0.25) is 19.2 Å². The number of aliphatic carboxylic acids is 2. The Balaban J connectivity index is 1.63. The van der Waals surface area contributed by atoms with Crippen molar-refractivity contribution in [1.82, 2.24) is 0 Å². The van der Waals surface area contributed by atoms with Crippen molar-refractivity contribution < 1.29 is 29.4 Å². The lowest BCUT2D eigenvalue weighted by Crippen LogP contribution is -2.33. The third-order valence-electron chi connectivity index (χ3n) is 5.94. The van der Waals surface area contributed by atoms with E-state index in [2.05, 4.69) is 0 Å². The summed E-state index contributed by atoms with van der Waals surface area (Å²) in [6.07, 6.45) is 6.86. The Morgan fingerprint density at radius 3 is 1.25 bits per heavy atom. The SMILES string of the molecule is O=C(O)[C@H]1CCCC[C@@H]1C(=O)CCSSCCC(=O)[C@H]1CCCC[C@@H]1C(=O)O. The summed E-state index contributed by atoms with van der Waals surface area (Å²) < 4.78 is 0. The van der Waals surface area contributed by atoms with Gasteiger partial charge < -0.3 is 10.2 Å². The highest BCUT2D eigenvalue weighted by molar-refractivity contribution is 8.76. The standard InChI is InChI=1S/C20H30O6S2/c21-17(13-5-1-3-7-15(13)19(23)24)9-11-27-28-12-10-18(22)14-6-2-4-8-16(14)20(25)26/h13-16H,1-12H2,(H,23,24)(H,25,26)/t13-,14-,15-,16-/m0/s1. The second-order valence-electron chi connectivity index (χ2n) is 7.75. The van der Waals surface area contributed by atoms with Gasteiger partial charge in [0.25, 0.3) is 0 Å². The normalized spacial score (nSPS) is 27.9. The number of carboxylic acid groups (broad SMARTS) is 2. The number of carboxylic acids is 2. The minimum atomic E-state index is -0.860. The number of carbonyl (C=O) groups is 4. The van der Waals surface area contributed by atoms with Gasteiger partial charge in [0.1, 0.15) is 11.6 Å². The van der Waals surface area contributed by atoms with Crippen LogP contribution in [-0.4, -0.2) is 45.2 Å². The average molecular weight is 431 g/mol. The van der Waals surface area contributed by atoms with E-state index in [0.29, 0.717) is 50.0 Å². The van der Waals surface area contributed by atoms with Crippen LogP contribution in [-0.2, 0) is 19.2 Å². The molecule has 28 heavy (non-hydrogen) atoms. The number of rotatable bonds is 11. The van der Waals surface area contributed by atoms with Gasteiger partial charge >= 0.3 is 11.9 Å². The van der Waals surface area contributed by atoms with E-state index in [1.165, 1.54) is 21.6 Å². The highest BCUT2D eigenvalue weighted by Crippen LogP contribution is 2.34. The summed E-state index contributed by atoms with van der Waals surface area (Å²) in [5, 5.41) is 18.6. The van der Waals surface area contributed by atoms with Crippen molar-refractivity contribution >= 4 is 45.1 Å². The van der Waals surface area contributed by atoms with E-state index in [1.54, 1.807) is 0 Å². The monoisotopic (exact) mass is 430 g/mol. The number of hydrogen-bond acceptors (Lipinski definition) is 6. The maximum Gasteiger partial charge on any atom is 0.307 e. The topological polar surface area (TPSA) is 109 Å². The lowest BCUT2D eigenvalue weighted by atomic mass is 9.76. The first kappa shape index (κ1) is 23.3. The lowest BCUT2D eigenvalue weighted by molar-refractivity contribution is -0.148. The van der Waals surface area contributed by atoms with Crippen molar-refractivity contribution in [1.29, 1.82) is 0 Å². The average Bonchev–Trinajstić information content (AvgIpc) is 2.70. The van der Waals surface area contributed by atoms with Crippen LogP contribution in [0.25, 0.3) is 0 Å². The molecule has 158 valence electrons. The van der Waals surface area contributed by atoms with E-state index in [-0.39, 0.29) is 23.4 Å². The molecule has 2 aliphatic carbocycles. The molecule has 4 atom stereocenters. The molecule has 0 aromatic carbocycles. The molecular weight excluding hydrogens is 400 g/mol. The van der Waals surface area contributed by atoms with Crippen LogP contribution >= 0.6 is 21.6 Å². The summed E-state index contributed by atoms with van der Waals surface area (Å²) in [6.45, 7) is 0. The van der Waals surface area contributed by atoms with Crippen LogP contribution in [0.4, 0.5) is 0 Å². The maximum absolute atomic E-state index is 12.4. The Hall–Kier alpha value is -1.02. The maximum atomic E-state index is 12.4. The molecule has 0 aliphatic heterocycles. The second-order valence-corrected chi connectivity index (χ2v) is 10.5. The summed E-state index contributed by atoms with van der Waals surface area (Å²) in [6, 6.07) is 0. The molecular formula is C20H30O6S2. The zero-order valence-corrected chi connectivity index (χ0v) is 17.8. The quantitative estimate of drug-likeness (QED) is 0.373. The minimum Gasteiger partial charge on any atom is -0.481 e. The van der Waals surface area contributed by atoms with Gasteiger partial charge in [-0.05, 0) is 25.7 Å². The number of carbonyl (C=O) groups excluding carboxylic acids is 2. The number of Topliss-reactive ketones (excluding diaryl/α,β-unsaturated/α-hetero) is 2. The molecule has 0 amide bonds. The number of ketones is 2. The first-order valence-corrected chi connectivity index (χ1v) is 12.7. The molecule has 0 saturated heterocycles. The van der Waals surface area contributed by atoms with Crippen LogP contribution in [0.3, 0.4) is 0 Å². The van der Waals surface area contributed by atoms with Gasteiger partial charge in [0.15, 0.2) is 0 Å². The summed E-state index contributed by atoms with van der Waals surface area (Å²) in [4.78, 5) is 47.4.